The number of aliphatic hydroxyl groups is 1. The predicted octanol–water partition coefficient (Wildman–Crippen LogP) is 5.67. The molecule has 1 N–H and O–H groups in total. The summed E-state index contributed by atoms with van der Waals surface area (Å²) >= 11 is 0. The quantitative estimate of drug-likeness (QED) is 0.344. The van der Waals surface area contributed by atoms with Crippen molar-refractivity contribution in [2.75, 3.05) is 32.8 Å². The molecule has 3 nitrogen and oxygen atoms in total. The first kappa shape index (κ1) is 23.0. The van der Waals surface area contributed by atoms with E-state index in [1.807, 2.05) is 30.3 Å². The van der Waals surface area contributed by atoms with Crippen molar-refractivity contribution in [1.82, 2.24) is 0 Å². The highest BCUT2D eigenvalue weighted by molar-refractivity contribution is 5.40. The van der Waals surface area contributed by atoms with E-state index in [2.05, 4.69) is 0 Å². The van der Waals surface area contributed by atoms with Gasteiger partial charge in [-0.3, -0.25) is 0 Å². The summed E-state index contributed by atoms with van der Waals surface area (Å²) in [5.41, 5.74) is -0.869. The smallest absolute Gasteiger partial charge is 0.123 e. The Balaban J connectivity index is 1.35. The van der Waals surface area contributed by atoms with Crippen molar-refractivity contribution in [2.24, 2.45) is 5.41 Å². The number of rotatable bonds is 8. The molecule has 34 heavy (non-hydrogen) atoms. The number of halogens is 2. The molecule has 0 aliphatic carbocycles. The number of benzene rings is 3. The van der Waals surface area contributed by atoms with Gasteiger partial charge in [-0.2, -0.15) is 0 Å². The van der Waals surface area contributed by atoms with Gasteiger partial charge in [-0.15, -0.1) is 0 Å². The molecule has 0 saturated carbocycles. The van der Waals surface area contributed by atoms with Gasteiger partial charge < -0.3 is 14.3 Å². The summed E-state index contributed by atoms with van der Waals surface area (Å²) in [6, 6.07) is 22.3. The molecule has 178 valence electrons. The summed E-state index contributed by atoms with van der Waals surface area (Å²) in [7, 11) is 0. The van der Waals surface area contributed by atoms with Crippen LogP contribution in [0.25, 0.3) is 0 Å². The molecule has 3 saturated heterocycles. The van der Waals surface area contributed by atoms with Gasteiger partial charge in [0.05, 0.1) is 32.8 Å². The molecule has 0 amide bonds. The highest BCUT2D eigenvalue weighted by Crippen LogP contribution is 2.57. The lowest BCUT2D eigenvalue weighted by molar-refractivity contribution is -0.946. The zero-order chi connectivity index (χ0) is 23.7. The van der Waals surface area contributed by atoms with Gasteiger partial charge in [0.1, 0.15) is 23.0 Å². The van der Waals surface area contributed by atoms with Crippen LogP contribution in [-0.2, 0) is 5.60 Å². The van der Waals surface area contributed by atoms with Gasteiger partial charge in [-0.1, -0.05) is 42.5 Å². The first-order valence-corrected chi connectivity index (χ1v) is 12.2. The Labute approximate surface area is 200 Å². The lowest BCUT2D eigenvalue weighted by atomic mass is 9.56. The van der Waals surface area contributed by atoms with Crippen LogP contribution in [0.15, 0.2) is 78.9 Å². The SMILES string of the molecule is OC(c1cccc(F)c1)(c1cccc(F)c1)C12CC[N+](CCCOc3ccccc3)(CC1)CC2. The van der Waals surface area contributed by atoms with Crippen molar-refractivity contribution in [3.63, 3.8) is 0 Å². The summed E-state index contributed by atoms with van der Waals surface area (Å²) in [5.74, 6) is 0.117. The number of quaternary nitrogens is 1. The van der Waals surface area contributed by atoms with Crippen molar-refractivity contribution in [1.29, 1.82) is 0 Å². The number of ether oxygens (including phenoxy) is 1. The number of fused-ring (bicyclic) bond motifs is 3. The molecule has 3 heterocycles. The van der Waals surface area contributed by atoms with Crippen molar-refractivity contribution in [3.05, 3.63) is 102 Å². The van der Waals surface area contributed by atoms with Gasteiger partial charge in [0.15, 0.2) is 0 Å². The monoisotopic (exact) mass is 464 g/mol. The number of hydrogen-bond donors (Lipinski definition) is 1. The van der Waals surface area contributed by atoms with E-state index in [1.54, 1.807) is 24.3 Å². The molecule has 3 aromatic rings. The standard InChI is InChI=1S/C29H32F2NO2/c30-25-9-4-7-23(21-25)29(33,24-8-5-10-26(31)22-24)28-13-17-32(18-14-28,19-15-28)16-6-20-34-27-11-2-1-3-12-27/h1-5,7-12,21-22,33H,6,13-20H2/q+1. The van der Waals surface area contributed by atoms with Gasteiger partial charge in [-0.25, -0.2) is 8.78 Å². The van der Waals surface area contributed by atoms with E-state index in [4.69, 9.17) is 4.74 Å². The third-order valence-corrected chi connectivity index (χ3v) is 8.24. The van der Waals surface area contributed by atoms with Crippen molar-refractivity contribution >= 4 is 0 Å². The van der Waals surface area contributed by atoms with Crippen LogP contribution in [0.1, 0.15) is 36.8 Å². The molecule has 0 atom stereocenters. The Morgan fingerprint density at radius 2 is 1.35 bits per heavy atom. The van der Waals surface area contributed by atoms with Crippen LogP contribution >= 0.6 is 0 Å². The minimum atomic E-state index is -1.44. The average Bonchev–Trinajstić information content (AvgIpc) is 2.88. The van der Waals surface area contributed by atoms with Crippen LogP contribution in [0, 0.1) is 17.0 Å². The number of piperidine rings is 3. The van der Waals surface area contributed by atoms with Crippen molar-refractivity contribution in [3.8, 4) is 5.75 Å². The second-order valence-electron chi connectivity index (χ2n) is 10.0. The highest BCUT2D eigenvalue weighted by Gasteiger charge is 2.60. The summed E-state index contributed by atoms with van der Waals surface area (Å²) in [5, 5.41) is 12.4. The largest absolute Gasteiger partial charge is 0.493 e. The predicted molar refractivity (Wildman–Crippen MR) is 128 cm³/mol. The van der Waals surface area contributed by atoms with Crippen LogP contribution in [0.2, 0.25) is 0 Å². The summed E-state index contributed by atoms with van der Waals surface area (Å²) in [4.78, 5) is 0. The summed E-state index contributed by atoms with van der Waals surface area (Å²) in [6.07, 6.45) is 3.42. The molecule has 3 aliphatic rings. The molecule has 2 bridgehead atoms. The van der Waals surface area contributed by atoms with Gasteiger partial charge in [0.25, 0.3) is 0 Å². The second-order valence-corrected chi connectivity index (χ2v) is 10.0. The number of para-hydroxylation sites is 1. The highest BCUT2D eigenvalue weighted by atomic mass is 19.1. The Morgan fingerprint density at radius 1 is 0.794 bits per heavy atom. The topological polar surface area (TPSA) is 29.5 Å². The third-order valence-electron chi connectivity index (χ3n) is 8.24. The molecule has 0 aromatic heterocycles. The Morgan fingerprint density at radius 3 is 1.88 bits per heavy atom. The lowest BCUT2D eigenvalue weighted by Gasteiger charge is -2.60. The van der Waals surface area contributed by atoms with Gasteiger partial charge in [-0.05, 0) is 47.5 Å². The first-order chi connectivity index (χ1) is 16.4. The van der Waals surface area contributed by atoms with E-state index in [9.17, 15) is 13.9 Å². The van der Waals surface area contributed by atoms with Crippen LogP contribution in [0.4, 0.5) is 8.78 Å². The van der Waals surface area contributed by atoms with E-state index in [0.29, 0.717) is 17.7 Å². The molecule has 3 aliphatic heterocycles. The summed E-state index contributed by atoms with van der Waals surface area (Å²) in [6.45, 7) is 4.60. The Hall–Kier alpha value is -2.76. The zero-order valence-electron chi connectivity index (χ0n) is 19.4. The maximum Gasteiger partial charge on any atom is 0.123 e. The van der Waals surface area contributed by atoms with E-state index >= 15 is 0 Å². The van der Waals surface area contributed by atoms with E-state index in [-0.39, 0.29) is 11.6 Å². The average molecular weight is 465 g/mol. The molecule has 5 heteroatoms. The molecule has 6 rings (SSSR count). The van der Waals surface area contributed by atoms with Gasteiger partial charge >= 0.3 is 0 Å². The molecular weight excluding hydrogens is 432 g/mol. The van der Waals surface area contributed by atoms with Gasteiger partial charge in [0.2, 0.25) is 0 Å². The van der Waals surface area contributed by atoms with Crippen LogP contribution in [0.5, 0.6) is 5.75 Å². The molecule has 0 spiro atoms. The maximum atomic E-state index is 14.3. The van der Waals surface area contributed by atoms with E-state index in [1.165, 1.54) is 24.3 Å². The molecule has 0 unspecified atom stereocenters. The van der Waals surface area contributed by atoms with Gasteiger partial charge in [0, 0.05) is 31.1 Å². The second kappa shape index (κ2) is 9.12. The van der Waals surface area contributed by atoms with Crippen LogP contribution in [0.3, 0.4) is 0 Å². The van der Waals surface area contributed by atoms with Crippen LogP contribution in [-0.4, -0.2) is 42.4 Å². The Bertz CT molecular complexity index is 1060. The maximum absolute atomic E-state index is 14.3. The fourth-order valence-corrected chi connectivity index (χ4v) is 6.25. The first-order valence-electron chi connectivity index (χ1n) is 12.2. The molecule has 3 fully saturated rings. The molecule has 0 radical (unpaired) electrons. The minimum absolute atomic E-state index is 0.390. The fraction of sp³-hybridized carbons (Fsp3) is 0.379. The van der Waals surface area contributed by atoms with E-state index < -0.39 is 11.0 Å². The zero-order valence-corrected chi connectivity index (χ0v) is 19.4. The Kier molecular flexibility index (Phi) is 6.17. The lowest BCUT2D eigenvalue weighted by Crippen LogP contribution is -2.66. The molecule has 3 aromatic carbocycles. The van der Waals surface area contributed by atoms with Crippen LogP contribution < -0.4 is 4.74 Å². The number of hydrogen-bond acceptors (Lipinski definition) is 2. The molecular formula is C29H32F2NO2+. The van der Waals surface area contributed by atoms with Crippen molar-refractivity contribution < 1.29 is 23.1 Å². The third kappa shape index (κ3) is 4.12. The minimum Gasteiger partial charge on any atom is -0.493 e. The normalized spacial score (nSPS) is 24.2. The van der Waals surface area contributed by atoms with Crippen molar-refractivity contribution in [2.45, 2.75) is 31.3 Å². The van der Waals surface area contributed by atoms with E-state index in [0.717, 1.165) is 62.1 Å². The number of nitrogens with zero attached hydrogens (tertiary/aromatic N) is 1. The summed E-state index contributed by atoms with van der Waals surface area (Å²) < 4.78 is 35.4. The fourth-order valence-electron chi connectivity index (χ4n) is 6.25.